The van der Waals surface area contributed by atoms with Crippen molar-refractivity contribution in [3.63, 3.8) is 0 Å². The number of carboxylic acids is 1. The number of hydrogen-bond acceptors (Lipinski definition) is 9. The van der Waals surface area contributed by atoms with E-state index in [1.54, 1.807) is 33.8 Å². The summed E-state index contributed by atoms with van der Waals surface area (Å²) in [5, 5.41) is 14.4. The molecular weight excluding hydrogens is 570 g/mol. The highest BCUT2D eigenvalue weighted by Gasteiger charge is 2.29. The largest absolute Gasteiger partial charge is 0.489 e. The minimum absolute atomic E-state index is 0.0149. The Balaban J connectivity index is 1.64. The van der Waals surface area contributed by atoms with Gasteiger partial charge in [0.1, 0.15) is 11.3 Å². The third kappa shape index (κ3) is 8.87. The third-order valence-corrected chi connectivity index (χ3v) is 6.03. The van der Waals surface area contributed by atoms with Gasteiger partial charge in [-0.25, -0.2) is 19.6 Å². The lowest BCUT2D eigenvalue weighted by molar-refractivity contribution is -0.0515. The minimum Gasteiger partial charge on any atom is -0.489 e. The van der Waals surface area contributed by atoms with E-state index in [0.717, 1.165) is 12.8 Å². The van der Waals surface area contributed by atoms with E-state index < -0.39 is 36.2 Å². The fourth-order valence-corrected chi connectivity index (χ4v) is 3.85. The Hall–Kier alpha value is -4.75. The van der Waals surface area contributed by atoms with Gasteiger partial charge < -0.3 is 34.4 Å². The summed E-state index contributed by atoms with van der Waals surface area (Å²) in [6.07, 6.45) is 1.19. The smallest absolute Gasteiger partial charge is 0.408 e. The number of aromatic carboxylic acids is 1. The number of rotatable bonds is 12. The van der Waals surface area contributed by atoms with Crippen molar-refractivity contribution in [1.82, 2.24) is 20.6 Å². The maximum atomic E-state index is 13.3. The molecule has 0 bridgehead atoms. The summed E-state index contributed by atoms with van der Waals surface area (Å²) in [5.41, 5.74) is -0.572. The number of oxazole rings is 1. The third-order valence-electron chi connectivity index (χ3n) is 6.03. The van der Waals surface area contributed by atoms with Crippen LogP contribution in [0, 0.1) is 5.92 Å². The van der Waals surface area contributed by atoms with Crippen molar-refractivity contribution in [2.75, 3.05) is 6.61 Å². The van der Waals surface area contributed by atoms with Gasteiger partial charge in [-0.05, 0) is 76.8 Å². The van der Waals surface area contributed by atoms with Gasteiger partial charge in [0.25, 0.3) is 5.91 Å². The number of halogens is 2. The molecule has 230 valence electrons. The molecule has 14 heteroatoms. The van der Waals surface area contributed by atoms with Crippen LogP contribution in [0.5, 0.6) is 11.5 Å². The minimum atomic E-state index is -3.07. The van der Waals surface area contributed by atoms with Crippen molar-refractivity contribution in [2.24, 2.45) is 5.92 Å². The predicted molar refractivity (Wildman–Crippen MR) is 147 cm³/mol. The van der Waals surface area contributed by atoms with Crippen LogP contribution in [0.3, 0.4) is 0 Å². The highest BCUT2D eigenvalue weighted by Crippen LogP contribution is 2.37. The van der Waals surface area contributed by atoms with E-state index >= 15 is 0 Å². The maximum Gasteiger partial charge on any atom is 0.408 e. The maximum absolute atomic E-state index is 13.3. The summed E-state index contributed by atoms with van der Waals surface area (Å²) in [6, 6.07) is 7.60. The average molecular weight is 603 g/mol. The van der Waals surface area contributed by atoms with Crippen LogP contribution in [-0.4, -0.2) is 51.9 Å². The van der Waals surface area contributed by atoms with E-state index in [1.807, 2.05) is 0 Å². The molecule has 43 heavy (non-hydrogen) atoms. The topological polar surface area (TPSA) is 162 Å². The van der Waals surface area contributed by atoms with Gasteiger partial charge in [-0.3, -0.25) is 4.79 Å². The van der Waals surface area contributed by atoms with Crippen molar-refractivity contribution in [3.8, 4) is 23.0 Å². The van der Waals surface area contributed by atoms with Crippen LogP contribution in [0.15, 0.2) is 40.8 Å². The molecule has 1 fully saturated rings. The van der Waals surface area contributed by atoms with Gasteiger partial charge in [0, 0.05) is 5.56 Å². The molecule has 1 atom stereocenters. The van der Waals surface area contributed by atoms with Crippen molar-refractivity contribution in [1.29, 1.82) is 0 Å². The molecule has 0 radical (unpaired) electrons. The van der Waals surface area contributed by atoms with Gasteiger partial charge in [-0.15, -0.1) is 0 Å². The second kappa shape index (κ2) is 13.0. The zero-order chi connectivity index (χ0) is 31.3. The normalized spacial score (nSPS) is 13.7. The number of carbonyl (C=O) groups excluding carboxylic acids is 2. The van der Waals surface area contributed by atoms with Crippen molar-refractivity contribution < 1.29 is 46.9 Å². The summed E-state index contributed by atoms with van der Waals surface area (Å²) in [7, 11) is 0. The molecule has 1 saturated carbocycles. The number of ether oxygens (including phenoxy) is 3. The molecule has 3 N–H and O–H groups in total. The molecule has 3 aromatic rings. The van der Waals surface area contributed by atoms with Crippen molar-refractivity contribution in [2.45, 2.75) is 65.3 Å². The zero-order valence-electron chi connectivity index (χ0n) is 24.0. The van der Waals surface area contributed by atoms with Gasteiger partial charge >= 0.3 is 18.7 Å². The summed E-state index contributed by atoms with van der Waals surface area (Å²) < 4.78 is 47.6. The first-order valence-corrected chi connectivity index (χ1v) is 13.5. The highest BCUT2D eigenvalue weighted by atomic mass is 19.3. The van der Waals surface area contributed by atoms with E-state index in [9.17, 15) is 28.3 Å². The molecule has 1 aliphatic rings. The summed E-state index contributed by atoms with van der Waals surface area (Å²) in [6.45, 7) is 3.77. The molecule has 4 rings (SSSR count). The number of nitrogens with zero attached hydrogens (tertiary/aromatic N) is 2. The molecule has 0 saturated heterocycles. The quantitative estimate of drug-likeness (QED) is 0.247. The van der Waals surface area contributed by atoms with E-state index in [4.69, 9.17) is 13.9 Å². The number of aromatic nitrogens is 2. The van der Waals surface area contributed by atoms with Gasteiger partial charge in [0.2, 0.25) is 5.89 Å². The van der Waals surface area contributed by atoms with Crippen molar-refractivity contribution >= 4 is 18.0 Å². The Bertz CT molecular complexity index is 1480. The first-order valence-electron chi connectivity index (χ1n) is 13.5. The molecule has 1 aliphatic carbocycles. The lowest BCUT2D eigenvalue weighted by Crippen LogP contribution is -2.34. The van der Waals surface area contributed by atoms with Crippen LogP contribution in [0.25, 0.3) is 11.5 Å². The second-order valence-electron chi connectivity index (χ2n) is 10.9. The first-order chi connectivity index (χ1) is 20.3. The number of pyridine rings is 1. The monoisotopic (exact) mass is 602 g/mol. The van der Waals surface area contributed by atoms with Gasteiger partial charge in [0.15, 0.2) is 23.0 Å². The molecule has 2 heterocycles. The van der Waals surface area contributed by atoms with E-state index in [-0.39, 0.29) is 46.8 Å². The second-order valence-corrected chi connectivity index (χ2v) is 10.9. The Morgan fingerprint density at radius 3 is 2.51 bits per heavy atom. The van der Waals surface area contributed by atoms with Crippen LogP contribution < -0.4 is 20.1 Å². The number of amides is 2. The zero-order valence-corrected chi connectivity index (χ0v) is 24.0. The number of alkyl carbamates (subject to hydrolysis) is 1. The molecule has 0 spiro atoms. The standard InChI is InChI=1S/C29H32F2N4O8/c1-15(33-28(39)43-29(2,3)4)23-22(24(36)32-13-18-6-5-7-19(34-18)26(37)38)35-25(42-23)17-10-11-20(41-27(30)31)21(12-17)40-14-16-8-9-16/h5-7,10-12,15-16,27H,8-9,13-14H2,1-4H3,(H,32,36)(H,33,39)(H,37,38). The van der Waals surface area contributed by atoms with Gasteiger partial charge in [-0.2, -0.15) is 8.78 Å². The van der Waals surface area contributed by atoms with E-state index in [0.29, 0.717) is 18.1 Å². The first kappa shape index (κ1) is 31.2. The molecular formula is C29H32F2N4O8. The Morgan fingerprint density at radius 1 is 1.12 bits per heavy atom. The van der Waals surface area contributed by atoms with Gasteiger partial charge in [-0.1, -0.05) is 6.07 Å². The number of nitrogens with one attached hydrogen (secondary N) is 2. The Labute approximate surface area is 245 Å². The summed E-state index contributed by atoms with van der Waals surface area (Å²) in [4.78, 5) is 45.3. The van der Waals surface area contributed by atoms with Crippen LogP contribution in [-0.2, 0) is 11.3 Å². The summed E-state index contributed by atoms with van der Waals surface area (Å²) in [5.74, 6) is -1.77. The SMILES string of the molecule is CC(NC(=O)OC(C)(C)C)c1oc(-c2ccc(OC(F)F)c(OCC3CC3)c2)nc1C(=O)NCc1cccc(C(=O)O)n1. The molecule has 2 amide bonds. The Morgan fingerprint density at radius 2 is 1.86 bits per heavy atom. The van der Waals surface area contributed by atoms with Crippen molar-refractivity contribution in [3.05, 3.63) is 59.2 Å². The van der Waals surface area contributed by atoms with Crippen LogP contribution >= 0.6 is 0 Å². The van der Waals surface area contributed by atoms with E-state index in [1.165, 1.54) is 30.3 Å². The fourth-order valence-electron chi connectivity index (χ4n) is 3.85. The predicted octanol–water partition coefficient (Wildman–Crippen LogP) is 5.34. The summed E-state index contributed by atoms with van der Waals surface area (Å²) >= 11 is 0. The van der Waals surface area contributed by atoms with E-state index in [2.05, 4.69) is 25.3 Å². The lowest BCUT2D eigenvalue weighted by Gasteiger charge is -2.21. The number of hydrogen-bond donors (Lipinski definition) is 3. The number of benzene rings is 1. The number of alkyl halides is 2. The molecule has 12 nitrogen and oxygen atoms in total. The lowest BCUT2D eigenvalue weighted by atomic mass is 10.2. The average Bonchev–Trinajstić information content (AvgIpc) is 3.65. The van der Waals surface area contributed by atoms with Crippen LogP contribution in [0.4, 0.5) is 13.6 Å². The van der Waals surface area contributed by atoms with Crippen LogP contribution in [0.1, 0.15) is 79.0 Å². The molecule has 1 unspecified atom stereocenters. The molecule has 1 aromatic carbocycles. The highest BCUT2D eigenvalue weighted by molar-refractivity contribution is 5.94. The fraction of sp³-hybridized carbons (Fsp3) is 0.414. The number of carboxylic acid groups (broad SMARTS) is 1. The van der Waals surface area contributed by atoms with Crippen LogP contribution in [0.2, 0.25) is 0 Å². The molecule has 0 aliphatic heterocycles. The van der Waals surface area contributed by atoms with Gasteiger partial charge in [0.05, 0.1) is 24.9 Å². The number of carbonyl (C=O) groups is 3. The Kier molecular flexibility index (Phi) is 9.46. The molecule has 2 aromatic heterocycles.